The fourth-order valence-corrected chi connectivity index (χ4v) is 3.19. The molecule has 0 amide bonds. The number of rotatable bonds is 5. The Morgan fingerprint density at radius 1 is 1.19 bits per heavy atom. The molecule has 21 heavy (non-hydrogen) atoms. The average Bonchev–Trinajstić information content (AvgIpc) is 2.47. The highest BCUT2D eigenvalue weighted by Gasteiger charge is 2.33. The maximum absolute atomic E-state index is 5.71. The first-order chi connectivity index (χ1) is 10.0. The van der Waals surface area contributed by atoms with Crippen molar-refractivity contribution in [1.29, 1.82) is 0 Å². The minimum absolute atomic E-state index is 0.223. The molecule has 1 aliphatic rings. The number of hydroxylamine groups is 1. The van der Waals surface area contributed by atoms with E-state index in [9.17, 15) is 0 Å². The molecular formula is C18H30N2O. The molecule has 1 saturated heterocycles. The molecule has 118 valence electrons. The molecule has 2 atom stereocenters. The Morgan fingerprint density at radius 2 is 1.90 bits per heavy atom. The predicted octanol–water partition coefficient (Wildman–Crippen LogP) is 3.75. The van der Waals surface area contributed by atoms with E-state index in [-0.39, 0.29) is 5.54 Å². The van der Waals surface area contributed by atoms with Crippen LogP contribution in [0.2, 0.25) is 0 Å². The van der Waals surface area contributed by atoms with Gasteiger partial charge in [-0.25, -0.2) is 0 Å². The van der Waals surface area contributed by atoms with Gasteiger partial charge in [0.15, 0.2) is 0 Å². The van der Waals surface area contributed by atoms with Gasteiger partial charge in [-0.3, -0.25) is 9.74 Å². The smallest absolute Gasteiger partial charge is 0.0933 e. The number of nitrogens with one attached hydrogen (secondary N) is 1. The van der Waals surface area contributed by atoms with Crippen molar-refractivity contribution in [1.82, 2.24) is 10.4 Å². The molecule has 0 spiro atoms. The van der Waals surface area contributed by atoms with E-state index in [2.05, 4.69) is 50.2 Å². The number of benzene rings is 1. The van der Waals surface area contributed by atoms with E-state index in [1.807, 2.05) is 18.2 Å². The number of nitrogens with zero attached hydrogens (tertiary/aromatic N) is 1. The van der Waals surface area contributed by atoms with Gasteiger partial charge in [-0.05, 0) is 45.6 Å². The van der Waals surface area contributed by atoms with Crippen molar-refractivity contribution in [2.24, 2.45) is 0 Å². The number of hydrogen-bond acceptors (Lipinski definition) is 3. The first kappa shape index (κ1) is 16.5. The Hall–Kier alpha value is -0.900. The fourth-order valence-electron chi connectivity index (χ4n) is 3.19. The van der Waals surface area contributed by atoms with Gasteiger partial charge in [-0.2, -0.15) is 5.48 Å². The highest BCUT2D eigenvalue weighted by atomic mass is 16.6. The summed E-state index contributed by atoms with van der Waals surface area (Å²) in [7, 11) is 0. The minimum Gasteiger partial charge on any atom is -0.297 e. The molecule has 1 aromatic carbocycles. The molecule has 1 fully saturated rings. The first-order valence-corrected chi connectivity index (χ1v) is 8.18. The summed E-state index contributed by atoms with van der Waals surface area (Å²) >= 11 is 0. The maximum atomic E-state index is 5.71. The Kier molecular flexibility index (Phi) is 5.80. The van der Waals surface area contributed by atoms with Gasteiger partial charge in [-0.1, -0.05) is 37.3 Å². The summed E-state index contributed by atoms with van der Waals surface area (Å²) < 4.78 is 0. The SMILES string of the molecule is CC[C@@H]1CC[C@H](NOCc2ccccc2)CN1C(C)(C)C. The quantitative estimate of drug-likeness (QED) is 0.836. The minimum atomic E-state index is 0.223. The lowest BCUT2D eigenvalue weighted by atomic mass is 9.91. The number of hydrogen-bond donors (Lipinski definition) is 1. The third-order valence-corrected chi connectivity index (χ3v) is 4.37. The topological polar surface area (TPSA) is 24.5 Å². The molecule has 1 aromatic rings. The summed E-state index contributed by atoms with van der Waals surface area (Å²) in [6.45, 7) is 10.9. The van der Waals surface area contributed by atoms with E-state index in [0.29, 0.717) is 18.7 Å². The predicted molar refractivity (Wildman–Crippen MR) is 87.9 cm³/mol. The van der Waals surface area contributed by atoms with Crippen molar-refractivity contribution < 1.29 is 4.84 Å². The molecule has 2 rings (SSSR count). The zero-order valence-corrected chi connectivity index (χ0v) is 13.9. The molecule has 0 unspecified atom stereocenters. The van der Waals surface area contributed by atoms with Crippen molar-refractivity contribution in [3.05, 3.63) is 35.9 Å². The maximum Gasteiger partial charge on any atom is 0.0933 e. The molecule has 1 aliphatic heterocycles. The summed E-state index contributed by atoms with van der Waals surface area (Å²) in [6.07, 6.45) is 3.68. The van der Waals surface area contributed by atoms with Gasteiger partial charge in [0.1, 0.15) is 0 Å². The van der Waals surface area contributed by atoms with Crippen LogP contribution >= 0.6 is 0 Å². The van der Waals surface area contributed by atoms with Gasteiger partial charge in [-0.15, -0.1) is 0 Å². The van der Waals surface area contributed by atoms with Gasteiger partial charge in [0, 0.05) is 24.2 Å². The van der Waals surface area contributed by atoms with Gasteiger partial charge in [0.25, 0.3) is 0 Å². The summed E-state index contributed by atoms with van der Waals surface area (Å²) in [5.74, 6) is 0. The van der Waals surface area contributed by atoms with Crippen molar-refractivity contribution in [3.63, 3.8) is 0 Å². The summed E-state index contributed by atoms with van der Waals surface area (Å²) in [5, 5.41) is 0. The lowest BCUT2D eigenvalue weighted by Crippen LogP contribution is -2.57. The lowest BCUT2D eigenvalue weighted by Gasteiger charge is -2.47. The van der Waals surface area contributed by atoms with Crippen LogP contribution in [0, 0.1) is 0 Å². The zero-order chi connectivity index (χ0) is 15.3. The largest absolute Gasteiger partial charge is 0.297 e. The van der Waals surface area contributed by atoms with E-state index in [0.717, 1.165) is 6.54 Å². The molecule has 1 heterocycles. The van der Waals surface area contributed by atoms with Crippen LogP contribution < -0.4 is 5.48 Å². The molecule has 0 bridgehead atoms. The van der Waals surface area contributed by atoms with E-state index >= 15 is 0 Å². The van der Waals surface area contributed by atoms with Gasteiger partial charge < -0.3 is 0 Å². The highest BCUT2D eigenvalue weighted by molar-refractivity contribution is 5.13. The molecule has 0 aliphatic carbocycles. The second-order valence-corrected chi connectivity index (χ2v) is 7.05. The third kappa shape index (κ3) is 4.80. The first-order valence-electron chi connectivity index (χ1n) is 8.18. The number of likely N-dealkylation sites (tertiary alicyclic amines) is 1. The summed E-state index contributed by atoms with van der Waals surface area (Å²) in [4.78, 5) is 8.34. The lowest BCUT2D eigenvalue weighted by molar-refractivity contribution is -0.0427. The third-order valence-electron chi connectivity index (χ3n) is 4.37. The zero-order valence-electron chi connectivity index (χ0n) is 13.9. The summed E-state index contributed by atoms with van der Waals surface area (Å²) in [6, 6.07) is 11.4. The van der Waals surface area contributed by atoms with Crippen LogP contribution in [0.4, 0.5) is 0 Å². The van der Waals surface area contributed by atoms with Crippen LogP contribution in [-0.2, 0) is 11.4 Å². The molecule has 3 heteroatoms. The second kappa shape index (κ2) is 7.39. The van der Waals surface area contributed by atoms with Crippen LogP contribution in [0.3, 0.4) is 0 Å². The van der Waals surface area contributed by atoms with Crippen molar-refractivity contribution in [2.45, 2.75) is 71.2 Å². The standard InChI is InChI=1S/C18H30N2O/c1-5-17-12-11-16(13-20(17)18(2,3)4)19-21-14-15-9-7-6-8-10-15/h6-10,16-17,19H,5,11-14H2,1-4H3/t16-,17+/m0/s1. The molecular weight excluding hydrogens is 260 g/mol. The average molecular weight is 290 g/mol. The monoisotopic (exact) mass is 290 g/mol. The highest BCUT2D eigenvalue weighted by Crippen LogP contribution is 2.27. The van der Waals surface area contributed by atoms with Crippen LogP contribution in [0.15, 0.2) is 30.3 Å². The Morgan fingerprint density at radius 3 is 2.52 bits per heavy atom. The second-order valence-electron chi connectivity index (χ2n) is 7.05. The fraction of sp³-hybridized carbons (Fsp3) is 0.667. The molecule has 0 aromatic heterocycles. The molecule has 0 radical (unpaired) electrons. The van der Waals surface area contributed by atoms with Crippen LogP contribution in [0.25, 0.3) is 0 Å². The van der Waals surface area contributed by atoms with E-state index < -0.39 is 0 Å². The van der Waals surface area contributed by atoms with Crippen molar-refractivity contribution in [3.8, 4) is 0 Å². The summed E-state index contributed by atoms with van der Waals surface area (Å²) in [5.41, 5.74) is 4.71. The van der Waals surface area contributed by atoms with E-state index in [1.54, 1.807) is 0 Å². The normalized spacial score (nSPS) is 24.2. The van der Waals surface area contributed by atoms with E-state index in [4.69, 9.17) is 4.84 Å². The Balaban J connectivity index is 1.82. The van der Waals surface area contributed by atoms with Crippen LogP contribution in [0.5, 0.6) is 0 Å². The molecule has 1 N–H and O–H groups in total. The van der Waals surface area contributed by atoms with Gasteiger partial charge in [0.05, 0.1) is 6.61 Å². The Labute approximate surface area is 129 Å². The molecule has 3 nitrogen and oxygen atoms in total. The van der Waals surface area contributed by atoms with Crippen LogP contribution in [-0.4, -0.2) is 29.1 Å². The van der Waals surface area contributed by atoms with Crippen molar-refractivity contribution >= 4 is 0 Å². The molecule has 0 saturated carbocycles. The van der Waals surface area contributed by atoms with E-state index in [1.165, 1.54) is 24.8 Å². The van der Waals surface area contributed by atoms with Crippen LogP contribution in [0.1, 0.15) is 52.5 Å². The number of piperidine rings is 1. The van der Waals surface area contributed by atoms with Gasteiger partial charge >= 0.3 is 0 Å². The van der Waals surface area contributed by atoms with Crippen molar-refractivity contribution in [2.75, 3.05) is 6.54 Å². The Bertz CT molecular complexity index is 413. The van der Waals surface area contributed by atoms with Gasteiger partial charge in [0.2, 0.25) is 0 Å².